The molecule has 26 heavy (non-hydrogen) atoms. The Morgan fingerprint density at radius 2 is 1.42 bits per heavy atom. The van der Waals surface area contributed by atoms with E-state index in [9.17, 15) is 9.59 Å². The number of ether oxygens (including phenoxy) is 2. The highest BCUT2D eigenvalue weighted by Gasteiger charge is 2.32. The lowest BCUT2D eigenvalue weighted by molar-refractivity contribution is -0.145. The van der Waals surface area contributed by atoms with E-state index < -0.39 is 0 Å². The van der Waals surface area contributed by atoms with Crippen LogP contribution in [0.25, 0.3) is 0 Å². The molecule has 0 N–H and O–H groups in total. The Hall–Kier alpha value is -2.62. The number of aryl methyl sites for hydroxylation is 2. The van der Waals surface area contributed by atoms with Gasteiger partial charge in [0.25, 0.3) is 0 Å². The lowest BCUT2D eigenvalue weighted by Crippen LogP contribution is -2.30. The zero-order valence-corrected chi connectivity index (χ0v) is 15.2. The van der Waals surface area contributed by atoms with Crippen molar-refractivity contribution in [1.29, 1.82) is 0 Å². The van der Waals surface area contributed by atoms with Crippen molar-refractivity contribution in [1.82, 2.24) is 0 Å². The van der Waals surface area contributed by atoms with Gasteiger partial charge in [-0.25, -0.2) is 0 Å². The highest BCUT2D eigenvalue weighted by molar-refractivity contribution is 5.78. The molecule has 0 spiro atoms. The summed E-state index contributed by atoms with van der Waals surface area (Å²) in [6, 6.07) is 15.0. The van der Waals surface area contributed by atoms with Crippen LogP contribution >= 0.6 is 0 Å². The van der Waals surface area contributed by atoms with Gasteiger partial charge in [-0.2, -0.15) is 0 Å². The highest BCUT2D eigenvalue weighted by atomic mass is 16.5. The number of para-hydroxylation sites is 1. The lowest BCUT2D eigenvalue weighted by atomic mass is 9.82. The Balaban J connectivity index is 1.51. The smallest absolute Gasteiger partial charge is 0.314 e. The first-order valence-electron chi connectivity index (χ1n) is 9.08. The molecule has 1 fully saturated rings. The minimum Gasteiger partial charge on any atom is -0.426 e. The molecule has 0 saturated heterocycles. The van der Waals surface area contributed by atoms with E-state index in [2.05, 4.69) is 0 Å². The maximum atomic E-state index is 12.4. The van der Waals surface area contributed by atoms with Gasteiger partial charge >= 0.3 is 11.9 Å². The van der Waals surface area contributed by atoms with Crippen LogP contribution in [0, 0.1) is 25.7 Å². The summed E-state index contributed by atoms with van der Waals surface area (Å²) in [7, 11) is 0. The van der Waals surface area contributed by atoms with Crippen molar-refractivity contribution in [2.24, 2.45) is 11.8 Å². The average Bonchev–Trinajstić information content (AvgIpc) is 2.64. The van der Waals surface area contributed by atoms with Gasteiger partial charge in [-0.05, 0) is 68.9 Å². The SMILES string of the molecule is Cc1cccc(OC(=O)C2CCC(C(=O)Oc3ccccc3C)CC2)c1. The third-order valence-electron chi connectivity index (χ3n) is 4.91. The standard InChI is InChI=1S/C22H24O4/c1-15-6-5-8-19(14-15)25-21(23)17-10-12-18(13-11-17)22(24)26-20-9-4-3-7-16(20)2/h3-9,14,17-18H,10-13H2,1-2H3. The number of carbonyl (C=O) groups excluding carboxylic acids is 2. The molecule has 4 heteroatoms. The molecule has 1 aliphatic rings. The molecule has 0 heterocycles. The zero-order chi connectivity index (χ0) is 18.5. The number of hydrogen-bond donors (Lipinski definition) is 0. The van der Waals surface area contributed by atoms with E-state index in [4.69, 9.17) is 9.47 Å². The second-order valence-electron chi connectivity index (χ2n) is 6.97. The second kappa shape index (κ2) is 8.17. The summed E-state index contributed by atoms with van der Waals surface area (Å²) >= 11 is 0. The van der Waals surface area contributed by atoms with Gasteiger partial charge in [-0.3, -0.25) is 9.59 Å². The maximum Gasteiger partial charge on any atom is 0.314 e. The fraction of sp³-hybridized carbons (Fsp3) is 0.364. The largest absolute Gasteiger partial charge is 0.426 e. The summed E-state index contributed by atoms with van der Waals surface area (Å²) in [4.78, 5) is 24.7. The first-order chi connectivity index (χ1) is 12.5. The summed E-state index contributed by atoms with van der Waals surface area (Å²) < 4.78 is 11.0. The monoisotopic (exact) mass is 352 g/mol. The van der Waals surface area contributed by atoms with E-state index in [0.29, 0.717) is 37.2 Å². The minimum atomic E-state index is -0.207. The molecule has 0 aliphatic heterocycles. The van der Waals surface area contributed by atoms with Crippen molar-refractivity contribution in [2.45, 2.75) is 39.5 Å². The molecule has 3 rings (SSSR count). The van der Waals surface area contributed by atoms with Gasteiger partial charge in [0.2, 0.25) is 0 Å². The minimum absolute atomic E-state index is 0.155. The Morgan fingerprint density at radius 1 is 0.808 bits per heavy atom. The van der Waals surface area contributed by atoms with Crippen LogP contribution in [0.5, 0.6) is 11.5 Å². The van der Waals surface area contributed by atoms with Crippen LogP contribution in [-0.2, 0) is 9.59 Å². The van der Waals surface area contributed by atoms with Crippen LogP contribution < -0.4 is 9.47 Å². The Kier molecular flexibility index (Phi) is 5.71. The third-order valence-corrected chi connectivity index (χ3v) is 4.91. The van der Waals surface area contributed by atoms with E-state index >= 15 is 0 Å². The Morgan fingerprint density at radius 3 is 2.04 bits per heavy atom. The van der Waals surface area contributed by atoms with Crippen LogP contribution in [0.1, 0.15) is 36.8 Å². The topological polar surface area (TPSA) is 52.6 Å². The molecule has 1 saturated carbocycles. The van der Waals surface area contributed by atoms with Crippen LogP contribution in [-0.4, -0.2) is 11.9 Å². The number of rotatable bonds is 4. The molecule has 0 unspecified atom stereocenters. The van der Waals surface area contributed by atoms with Crippen molar-refractivity contribution in [3.05, 3.63) is 59.7 Å². The number of carbonyl (C=O) groups is 2. The highest BCUT2D eigenvalue weighted by Crippen LogP contribution is 2.31. The van der Waals surface area contributed by atoms with E-state index in [1.54, 1.807) is 12.1 Å². The molecule has 0 bridgehead atoms. The van der Waals surface area contributed by atoms with Crippen molar-refractivity contribution < 1.29 is 19.1 Å². The van der Waals surface area contributed by atoms with Gasteiger partial charge < -0.3 is 9.47 Å². The Labute approximate surface area is 154 Å². The van der Waals surface area contributed by atoms with Crippen LogP contribution in [0.2, 0.25) is 0 Å². The van der Waals surface area contributed by atoms with Gasteiger partial charge in [0, 0.05) is 0 Å². The summed E-state index contributed by atoms with van der Waals surface area (Å²) in [6.45, 7) is 3.88. The van der Waals surface area contributed by atoms with Crippen molar-refractivity contribution >= 4 is 11.9 Å². The van der Waals surface area contributed by atoms with Crippen LogP contribution in [0.4, 0.5) is 0 Å². The first kappa shape index (κ1) is 18.2. The maximum absolute atomic E-state index is 12.4. The lowest BCUT2D eigenvalue weighted by Gasteiger charge is -2.26. The fourth-order valence-electron chi connectivity index (χ4n) is 3.31. The van der Waals surface area contributed by atoms with Crippen molar-refractivity contribution in [3.8, 4) is 11.5 Å². The summed E-state index contributed by atoms with van der Waals surface area (Å²) in [6.07, 6.45) is 2.60. The average molecular weight is 352 g/mol. The Bertz CT molecular complexity index is 788. The molecule has 136 valence electrons. The number of benzene rings is 2. The third kappa shape index (κ3) is 4.51. The van der Waals surface area contributed by atoms with Crippen LogP contribution in [0.3, 0.4) is 0 Å². The number of hydrogen-bond acceptors (Lipinski definition) is 4. The molecule has 0 radical (unpaired) electrons. The second-order valence-corrected chi connectivity index (χ2v) is 6.97. The molecule has 2 aromatic rings. The van der Waals surface area contributed by atoms with Crippen LogP contribution in [0.15, 0.2) is 48.5 Å². The molecule has 0 atom stereocenters. The van der Waals surface area contributed by atoms with Gasteiger partial charge in [-0.15, -0.1) is 0 Å². The van der Waals surface area contributed by atoms with Gasteiger partial charge in [0.05, 0.1) is 11.8 Å². The molecule has 1 aliphatic carbocycles. The predicted molar refractivity (Wildman–Crippen MR) is 99.1 cm³/mol. The summed E-state index contributed by atoms with van der Waals surface area (Å²) in [5.41, 5.74) is 1.99. The van der Waals surface area contributed by atoms with E-state index in [1.807, 2.05) is 50.2 Å². The summed E-state index contributed by atoms with van der Waals surface area (Å²) in [5, 5.41) is 0. The van der Waals surface area contributed by atoms with E-state index in [-0.39, 0.29) is 23.8 Å². The zero-order valence-electron chi connectivity index (χ0n) is 15.2. The number of esters is 2. The fourth-order valence-corrected chi connectivity index (χ4v) is 3.31. The van der Waals surface area contributed by atoms with E-state index in [1.165, 1.54) is 0 Å². The van der Waals surface area contributed by atoms with Gasteiger partial charge in [0.15, 0.2) is 0 Å². The summed E-state index contributed by atoms with van der Waals surface area (Å²) in [5.74, 6) is 0.469. The molecular weight excluding hydrogens is 328 g/mol. The normalized spacial score (nSPS) is 19.6. The molecule has 2 aromatic carbocycles. The quantitative estimate of drug-likeness (QED) is 0.595. The molecule has 0 amide bonds. The van der Waals surface area contributed by atoms with Gasteiger partial charge in [0.1, 0.15) is 11.5 Å². The molecule has 0 aromatic heterocycles. The first-order valence-corrected chi connectivity index (χ1v) is 9.08. The van der Waals surface area contributed by atoms with Crippen molar-refractivity contribution in [3.63, 3.8) is 0 Å². The van der Waals surface area contributed by atoms with E-state index in [0.717, 1.165) is 11.1 Å². The molecule has 4 nitrogen and oxygen atoms in total. The van der Waals surface area contributed by atoms with Crippen molar-refractivity contribution in [2.75, 3.05) is 0 Å². The van der Waals surface area contributed by atoms with Gasteiger partial charge in [-0.1, -0.05) is 30.3 Å². The molecular formula is C22H24O4. The predicted octanol–water partition coefficient (Wildman–Crippen LogP) is 4.62.